The molecule has 0 aromatic carbocycles. The quantitative estimate of drug-likeness (QED) is 0.907. The Morgan fingerprint density at radius 2 is 2.22 bits per heavy atom. The van der Waals surface area contributed by atoms with E-state index < -0.39 is 5.54 Å². The highest BCUT2D eigenvalue weighted by Crippen LogP contribution is 2.32. The fourth-order valence-electron chi connectivity index (χ4n) is 2.89. The number of hydrogen-bond donors (Lipinski definition) is 1. The summed E-state index contributed by atoms with van der Waals surface area (Å²) >= 11 is 1.75. The molecule has 3 heteroatoms. The summed E-state index contributed by atoms with van der Waals surface area (Å²) in [5, 5.41) is 0. The predicted molar refractivity (Wildman–Crippen MR) is 77.0 cm³/mol. The van der Waals surface area contributed by atoms with E-state index in [0.29, 0.717) is 12.3 Å². The molecule has 1 fully saturated rings. The van der Waals surface area contributed by atoms with Gasteiger partial charge in [-0.15, -0.1) is 11.3 Å². The highest BCUT2D eigenvalue weighted by atomic mass is 32.1. The van der Waals surface area contributed by atoms with Gasteiger partial charge in [0.25, 0.3) is 0 Å². The molecule has 2 nitrogen and oxygen atoms in total. The van der Waals surface area contributed by atoms with Crippen LogP contribution in [0.5, 0.6) is 0 Å². The largest absolute Gasteiger partial charge is 0.319 e. The Hall–Kier alpha value is -0.670. The Bertz CT molecular complexity index is 426. The van der Waals surface area contributed by atoms with Gasteiger partial charge in [-0.3, -0.25) is 4.79 Å². The van der Waals surface area contributed by atoms with Crippen LogP contribution in [0.1, 0.15) is 49.3 Å². The summed E-state index contributed by atoms with van der Waals surface area (Å²) < 4.78 is 0. The Balaban J connectivity index is 2.02. The second-order valence-corrected chi connectivity index (χ2v) is 6.93. The molecule has 2 atom stereocenters. The molecule has 18 heavy (non-hydrogen) atoms. The van der Waals surface area contributed by atoms with Crippen molar-refractivity contribution in [1.29, 1.82) is 0 Å². The molecule has 2 N–H and O–H groups in total. The van der Waals surface area contributed by atoms with Crippen LogP contribution in [-0.2, 0) is 17.6 Å². The van der Waals surface area contributed by atoms with E-state index >= 15 is 0 Å². The van der Waals surface area contributed by atoms with Gasteiger partial charge in [0.15, 0.2) is 5.78 Å². The van der Waals surface area contributed by atoms with Gasteiger partial charge in [-0.25, -0.2) is 0 Å². The van der Waals surface area contributed by atoms with Crippen LogP contribution in [0.25, 0.3) is 0 Å². The first-order valence-electron chi connectivity index (χ1n) is 6.93. The van der Waals surface area contributed by atoms with Gasteiger partial charge in [-0.2, -0.15) is 0 Å². The molecular weight excluding hydrogens is 242 g/mol. The van der Waals surface area contributed by atoms with Crippen LogP contribution in [0, 0.1) is 5.92 Å². The van der Waals surface area contributed by atoms with Crippen LogP contribution in [0.15, 0.2) is 12.1 Å². The lowest BCUT2D eigenvalue weighted by atomic mass is 9.74. The zero-order chi connectivity index (χ0) is 13.2. The monoisotopic (exact) mass is 265 g/mol. The number of carbonyl (C=O) groups excluding carboxylic acids is 1. The molecule has 0 radical (unpaired) electrons. The van der Waals surface area contributed by atoms with Crippen molar-refractivity contribution in [3.8, 4) is 0 Å². The predicted octanol–water partition coefficient (Wildman–Crippen LogP) is 3.33. The molecule has 0 aliphatic heterocycles. The Kier molecular flexibility index (Phi) is 4.23. The van der Waals surface area contributed by atoms with Gasteiger partial charge < -0.3 is 5.73 Å². The van der Waals surface area contributed by atoms with Gasteiger partial charge in [-0.1, -0.05) is 26.7 Å². The average Bonchev–Trinajstić information content (AvgIpc) is 2.76. The van der Waals surface area contributed by atoms with Gasteiger partial charge in [0.05, 0.1) is 5.54 Å². The summed E-state index contributed by atoms with van der Waals surface area (Å²) in [4.78, 5) is 14.9. The summed E-state index contributed by atoms with van der Waals surface area (Å²) in [5.74, 6) is 0.820. The van der Waals surface area contributed by atoms with Gasteiger partial charge >= 0.3 is 0 Å². The molecule has 0 saturated heterocycles. The third-order valence-electron chi connectivity index (χ3n) is 3.99. The Labute approximate surface area is 114 Å². The van der Waals surface area contributed by atoms with Crippen molar-refractivity contribution in [3.63, 3.8) is 0 Å². The Morgan fingerprint density at radius 3 is 2.83 bits per heavy atom. The van der Waals surface area contributed by atoms with Crippen molar-refractivity contribution in [3.05, 3.63) is 21.9 Å². The lowest BCUT2D eigenvalue weighted by Crippen LogP contribution is -2.51. The first-order chi connectivity index (χ1) is 8.53. The third kappa shape index (κ3) is 3.01. The normalized spacial score (nSPS) is 28.3. The fraction of sp³-hybridized carbons (Fsp3) is 0.667. The molecule has 100 valence electrons. The number of Topliss-reactive ketones (excluding diaryl/α,β-unsaturated/α-hetero) is 1. The van der Waals surface area contributed by atoms with Crippen LogP contribution in [0.4, 0.5) is 0 Å². The van der Waals surface area contributed by atoms with E-state index in [9.17, 15) is 4.79 Å². The maximum atomic E-state index is 12.4. The molecule has 0 bridgehead atoms. The molecule has 0 amide bonds. The highest BCUT2D eigenvalue weighted by molar-refractivity contribution is 7.12. The molecule has 1 aliphatic carbocycles. The zero-order valence-electron chi connectivity index (χ0n) is 11.4. The van der Waals surface area contributed by atoms with E-state index in [0.717, 1.165) is 25.7 Å². The maximum Gasteiger partial charge on any atom is 0.157 e. The van der Waals surface area contributed by atoms with Gasteiger partial charge in [0, 0.05) is 16.2 Å². The van der Waals surface area contributed by atoms with E-state index in [4.69, 9.17) is 5.73 Å². The van der Waals surface area contributed by atoms with Gasteiger partial charge in [0.2, 0.25) is 0 Å². The van der Waals surface area contributed by atoms with Crippen LogP contribution in [-0.4, -0.2) is 11.3 Å². The first kappa shape index (κ1) is 13.8. The summed E-state index contributed by atoms with van der Waals surface area (Å²) in [5.41, 5.74) is 5.77. The molecule has 1 saturated carbocycles. The highest BCUT2D eigenvalue weighted by Gasteiger charge is 2.37. The zero-order valence-corrected chi connectivity index (χ0v) is 12.2. The lowest BCUT2D eigenvalue weighted by molar-refractivity contribution is -0.125. The van der Waals surface area contributed by atoms with Crippen molar-refractivity contribution < 1.29 is 4.79 Å². The van der Waals surface area contributed by atoms with Crippen LogP contribution >= 0.6 is 11.3 Å². The smallest absolute Gasteiger partial charge is 0.157 e. The summed E-state index contributed by atoms with van der Waals surface area (Å²) in [6.07, 6.45) is 5.59. The second kappa shape index (κ2) is 5.54. The SMILES string of the molecule is CCc1ccc(CC(=O)C2(N)CCCC(C)C2)s1. The molecule has 2 unspecified atom stereocenters. The number of rotatable bonds is 4. The van der Waals surface area contributed by atoms with Crippen LogP contribution < -0.4 is 5.73 Å². The number of aryl methyl sites for hydroxylation is 1. The number of carbonyl (C=O) groups is 1. The first-order valence-corrected chi connectivity index (χ1v) is 7.75. The second-order valence-electron chi connectivity index (χ2n) is 5.68. The van der Waals surface area contributed by atoms with Crippen molar-refractivity contribution in [2.24, 2.45) is 11.7 Å². The van der Waals surface area contributed by atoms with Crippen molar-refractivity contribution in [2.75, 3.05) is 0 Å². The van der Waals surface area contributed by atoms with E-state index in [1.165, 1.54) is 16.2 Å². The average molecular weight is 265 g/mol. The van der Waals surface area contributed by atoms with E-state index in [2.05, 4.69) is 26.0 Å². The molecule has 2 rings (SSSR count). The molecule has 1 aromatic rings. The third-order valence-corrected chi connectivity index (χ3v) is 5.22. The topological polar surface area (TPSA) is 43.1 Å². The molecule has 1 aliphatic rings. The van der Waals surface area contributed by atoms with E-state index in [1.807, 2.05) is 0 Å². The lowest BCUT2D eigenvalue weighted by Gasteiger charge is -2.35. The molecule has 1 heterocycles. The summed E-state index contributed by atoms with van der Waals surface area (Å²) in [7, 11) is 0. The molecule has 1 aromatic heterocycles. The standard InChI is InChI=1S/C15H23NOS/c1-3-12-6-7-13(18-12)9-14(17)15(16)8-4-5-11(2)10-15/h6-7,11H,3-5,8-10,16H2,1-2H3. The minimum atomic E-state index is -0.561. The van der Waals surface area contributed by atoms with E-state index in [-0.39, 0.29) is 5.78 Å². The van der Waals surface area contributed by atoms with Gasteiger partial charge in [-0.05, 0) is 37.3 Å². The van der Waals surface area contributed by atoms with E-state index in [1.54, 1.807) is 11.3 Å². The summed E-state index contributed by atoms with van der Waals surface area (Å²) in [6.45, 7) is 4.35. The van der Waals surface area contributed by atoms with Crippen molar-refractivity contribution in [1.82, 2.24) is 0 Å². The van der Waals surface area contributed by atoms with Crippen molar-refractivity contribution >= 4 is 17.1 Å². The van der Waals surface area contributed by atoms with Crippen molar-refractivity contribution in [2.45, 2.75) is 57.9 Å². The summed E-state index contributed by atoms with van der Waals surface area (Å²) in [6, 6.07) is 4.21. The van der Waals surface area contributed by atoms with Gasteiger partial charge in [0.1, 0.15) is 0 Å². The van der Waals surface area contributed by atoms with Crippen LogP contribution in [0.2, 0.25) is 0 Å². The number of hydrogen-bond acceptors (Lipinski definition) is 3. The molecular formula is C15H23NOS. The van der Waals surface area contributed by atoms with Crippen LogP contribution in [0.3, 0.4) is 0 Å². The maximum absolute atomic E-state index is 12.4. The minimum Gasteiger partial charge on any atom is -0.319 e. The number of ketones is 1. The Morgan fingerprint density at radius 1 is 1.50 bits per heavy atom. The number of thiophene rings is 1. The minimum absolute atomic E-state index is 0.235. The fourth-order valence-corrected chi connectivity index (χ4v) is 3.84. The number of nitrogens with two attached hydrogens (primary N) is 1. The molecule has 0 spiro atoms.